The van der Waals surface area contributed by atoms with Crippen molar-refractivity contribution in [2.75, 3.05) is 13.1 Å². The Labute approximate surface area is 136 Å². The van der Waals surface area contributed by atoms with E-state index in [9.17, 15) is 4.39 Å². The third-order valence-corrected chi connectivity index (χ3v) is 4.60. The molecule has 0 saturated carbocycles. The molecule has 0 amide bonds. The first-order chi connectivity index (χ1) is 11.2. The second-order valence-electron chi connectivity index (χ2n) is 6.10. The zero-order chi connectivity index (χ0) is 16.2. The van der Waals surface area contributed by atoms with Crippen LogP contribution in [0.15, 0.2) is 30.6 Å². The van der Waals surface area contributed by atoms with Crippen LogP contribution in [0, 0.1) is 17.1 Å². The Hall–Kier alpha value is -2.19. The van der Waals surface area contributed by atoms with Gasteiger partial charge in [0.15, 0.2) is 0 Å². The fourth-order valence-electron chi connectivity index (χ4n) is 3.19. The molecule has 2 heterocycles. The lowest BCUT2D eigenvalue weighted by molar-refractivity contribution is 0.202. The van der Waals surface area contributed by atoms with Crippen LogP contribution in [0.4, 0.5) is 4.39 Å². The number of piperidine rings is 1. The molecule has 5 heteroatoms. The molecule has 0 aliphatic carbocycles. The maximum Gasteiger partial charge on any atom is 0.127 e. The number of nitriles is 1. The van der Waals surface area contributed by atoms with Crippen molar-refractivity contribution in [3.8, 4) is 6.07 Å². The Morgan fingerprint density at radius 2 is 2.13 bits per heavy atom. The third kappa shape index (κ3) is 3.59. The molecular weight excluding hydrogens is 291 g/mol. The molecule has 120 valence electrons. The van der Waals surface area contributed by atoms with Gasteiger partial charge in [-0.2, -0.15) is 10.4 Å². The van der Waals surface area contributed by atoms with Gasteiger partial charge in [0.25, 0.3) is 0 Å². The molecule has 0 N–H and O–H groups in total. The van der Waals surface area contributed by atoms with Crippen molar-refractivity contribution in [2.24, 2.45) is 0 Å². The van der Waals surface area contributed by atoms with Crippen molar-refractivity contribution >= 4 is 0 Å². The average Bonchev–Trinajstić information content (AvgIpc) is 3.06. The molecule has 0 atom stereocenters. The molecule has 4 nitrogen and oxygen atoms in total. The first-order valence-electron chi connectivity index (χ1n) is 8.13. The maximum absolute atomic E-state index is 13.9. The van der Waals surface area contributed by atoms with E-state index < -0.39 is 0 Å². The van der Waals surface area contributed by atoms with E-state index in [4.69, 9.17) is 5.26 Å². The van der Waals surface area contributed by atoms with Crippen LogP contribution in [0.5, 0.6) is 0 Å². The van der Waals surface area contributed by atoms with Gasteiger partial charge in [-0.3, -0.25) is 9.58 Å². The summed E-state index contributed by atoms with van der Waals surface area (Å²) in [5.41, 5.74) is 2.44. The Bertz CT molecular complexity index is 708. The summed E-state index contributed by atoms with van der Waals surface area (Å²) in [6.45, 7) is 5.44. The molecule has 0 spiro atoms. The smallest absolute Gasteiger partial charge is 0.127 e. The maximum atomic E-state index is 13.9. The number of nitrogens with zero attached hydrogens (tertiary/aromatic N) is 4. The van der Waals surface area contributed by atoms with Crippen molar-refractivity contribution < 1.29 is 4.39 Å². The second kappa shape index (κ2) is 6.93. The van der Waals surface area contributed by atoms with Crippen LogP contribution in [0.2, 0.25) is 0 Å². The van der Waals surface area contributed by atoms with Gasteiger partial charge in [0.1, 0.15) is 5.82 Å². The number of rotatable bonds is 4. The molecule has 1 aromatic carbocycles. The van der Waals surface area contributed by atoms with Crippen LogP contribution < -0.4 is 0 Å². The van der Waals surface area contributed by atoms with Crippen LogP contribution in [0.25, 0.3) is 0 Å². The highest BCUT2D eigenvalue weighted by Gasteiger charge is 2.22. The summed E-state index contributed by atoms with van der Waals surface area (Å²) in [6, 6.07) is 6.65. The molecular formula is C18H21FN4. The number of halogens is 1. The highest BCUT2D eigenvalue weighted by Crippen LogP contribution is 2.28. The van der Waals surface area contributed by atoms with Crippen LogP contribution >= 0.6 is 0 Å². The summed E-state index contributed by atoms with van der Waals surface area (Å²) in [7, 11) is 0. The number of likely N-dealkylation sites (tertiary alicyclic amines) is 1. The fourth-order valence-corrected chi connectivity index (χ4v) is 3.19. The normalized spacial score (nSPS) is 16.4. The van der Waals surface area contributed by atoms with Gasteiger partial charge in [-0.05, 0) is 62.5 Å². The Kier molecular flexibility index (Phi) is 4.73. The SMILES string of the molecule is CCn1cc(C2CCN(Cc3cc(C#N)ccc3F)CC2)cn1. The summed E-state index contributed by atoms with van der Waals surface area (Å²) in [5.74, 6) is 0.317. The predicted molar refractivity (Wildman–Crippen MR) is 86.3 cm³/mol. The monoisotopic (exact) mass is 312 g/mol. The topological polar surface area (TPSA) is 44.9 Å². The van der Waals surface area contributed by atoms with Crippen molar-refractivity contribution in [3.63, 3.8) is 0 Å². The number of aryl methyl sites for hydroxylation is 1. The number of benzene rings is 1. The quantitative estimate of drug-likeness (QED) is 0.870. The minimum atomic E-state index is -0.227. The Balaban J connectivity index is 1.60. The summed E-state index contributed by atoms with van der Waals surface area (Å²) < 4.78 is 15.9. The zero-order valence-corrected chi connectivity index (χ0v) is 13.4. The van der Waals surface area contributed by atoms with E-state index in [-0.39, 0.29) is 5.82 Å². The number of hydrogen-bond acceptors (Lipinski definition) is 3. The second-order valence-corrected chi connectivity index (χ2v) is 6.10. The lowest BCUT2D eigenvalue weighted by atomic mass is 9.91. The van der Waals surface area contributed by atoms with Crippen LogP contribution in [0.3, 0.4) is 0 Å². The molecule has 1 aromatic heterocycles. The van der Waals surface area contributed by atoms with Crippen molar-refractivity contribution in [3.05, 3.63) is 53.1 Å². The van der Waals surface area contributed by atoms with Gasteiger partial charge in [0.2, 0.25) is 0 Å². The molecule has 1 saturated heterocycles. The summed E-state index contributed by atoms with van der Waals surface area (Å²) in [6.07, 6.45) is 6.24. The number of hydrogen-bond donors (Lipinski definition) is 0. The molecule has 3 rings (SSSR count). The lowest BCUT2D eigenvalue weighted by Gasteiger charge is -2.31. The standard InChI is InChI=1S/C18H21FN4/c1-2-23-13-17(11-21-23)15-5-7-22(8-6-15)12-16-9-14(10-20)3-4-18(16)19/h3-4,9,11,13,15H,2,5-8,12H2,1H3. The largest absolute Gasteiger partial charge is 0.299 e. The molecule has 1 fully saturated rings. The minimum Gasteiger partial charge on any atom is -0.299 e. The van der Waals surface area contributed by atoms with Crippen LogP contribution in [-0.2, 0) is 13.1 Å². The van der Waals surface area contributed by atoms with Gasteiger partial charge < -0.3 is 0 Å². The van der Waals surface area contributed by atoms with E-state index in [0.717, 1.165) is 32.5 Å². The van der Waals surface area contributed by atoms with Crippen molar-refractivity contribution in [1.82, 2.24) is 14.7 Å². The van der Waals surface area contributed by atoms with E-state index >= 15 is 0 Å². The average molecular weight is 312 g/mol. The van der Waals surface area contributed by atoms with E-state index in [1.54, 1.807) is 6.07 Å². The summed E-state index contributed by atoms with van der Waals surface area (Å²) in [4.78, 5) is 2.26. The highest BCUT2D eigenvalue weighted by molar-refractivity contribution is 5.33. The van der Waals surface area contributed by atoms with Gasteiger partial charge in [0, 0.05) is 24.8 Å². The minimum absolute atomic E-state index is 0.227. The number of aromatic nitrogens is 2. The van der Waals surface area contributed by atoms with Crippen molar-refractivity contribution in [2.45, 2.75) is 38.8 Å². The van der Waals surface area contributed by atoms with E-state index in [1.807, 2.05) is 10.9 Å². The van der Waals surface area contributed by atoms with Crippen molar-refractivity contribution in [1.29, 1.82) is 5.26 Å². The first kappa shape index (κ1) is 15.7. The summed E-state index contributed by atoms with van der Waals surface area (Å²) in [5, 5.41) is 13.3. The molecule has 2 aromatic rings. The zero-order valence-electron chi connectivity index (χ0n) is 13.4. The first-order valence-corrected chi connectivity index (χ1v) is 8.13. The highest BCUT2D eigenvalue weighted by atomic mass is 19.1. The van der Waals surface area contributed by atoms with E-state index in [2.05, 4.69) is 29.2 Å². The van der Waals surface area contributed by atoms with Crippen LogP contribution in [-0.4, -0.2) is 27.8 Å². The van der Waals surface area contributed by atoms with Crippen LogP contribution in [0.1, 0.15) is 42.4 Å². The fraction of sp³-hybridized carbons (Fsp3) is 0.444. The summed E-state index contributed by atoms with van der Waals surface area (Å²) >= 11 is 0. The van der Waals surface area contributed by atoms with Gasteiger partial charge >= 0.3 is 0 Å². The Morgan fingerprint density at radius 1 is 1.35 bits per heavy atom. The predicted octanol–water partition coefficient (Wildman–Crippen LogP) is 3.29. The lowest BCUT2D eigenvalue weighted by Crippen LogP contribution is -2.32. The molecule has 0 radical (unpaired) electrons. The Morgan fingerprint density at radius 3 is 2.78 bits per heavy atom. The molecule has 0 bridgehead atoms. The van der Waals surface area contributed by atoms with Gasteiger partial charge in [-0.25, -0.2) is 4.39 Å². The van der Waals surface area contributed by atoms with Gasteiger partial charge in [-0.1, -0.05) is 0 Å². The molecule has 23 heavy (non-hydrogen) atoms. The molecule has 0 unspecified atom stereocenters. The molecule has 1 aliphatic rings. The van der Waals surface area contributed by atoms with E-state index in [1.165, 1.54) is 17.7 Å². The third-order valence-electron chi connectivity index (χ3n) is 4.60. The molecule has 1 aliphatic heterocycles. The van der Waals surface area contributed by atoms with Gasteiger partial charge in [-0.15, -0.1) is 0 Å². The van der Waals surface area contributed by atoms with E-state index in [0.29, 0.717) is 23.6 Å². The van der Waals surface area contributed by atoms with Gasteiger partial charge in [0.05, 0.1) is 17.8 Å².